The summed E-state index contributed by atoms with van der Waals surface area (Å²) in [6.45, 7) is 9.23. The van der Waals surface area contributed by atoms with E-state index < -0.39 is 0 Å². The Labute approximate surface area is 290 Å². The number of fused-ring (bicyclic) bond motifs is 5. The Morgan fingerprint density at radius 2 is 1.22 bits per heavy atom. The minimum Gasteiger partial charge on any atom is -0.456 e. The fourth-order valence-electron chi connectivity index (χ4n) is 7.34. The molecule has 0 bridgehead atoms. The average Bonchev–Trinajstić information content (AvgIpc) is 3.84. The van der Waals surface area contributed by atoms with Crippen molar-refractivity contribution >= 4 is 54.4 Å². The molecular weight excluding hydrogens is 617 g/mol. The normalized spacial score (nSPS) is 12.0. The van der Waals surface area contributed by atoms with Gasteiger partial charge in [0.1, 0.15) is 17.0 Å². The van der Waals surface area contributed by atoms with E-state index in [0.717, 1.165) is 44.4 Å². The molecule has 9 rings (SSSR count). The number of rotatable bonds is 6. The Balaban J connectivity index is 1.28. The molecule has 0 saturated heterocycles. The van der Waals surface area contributed by atoms with Crippen LogP contribution in [0.2, 0.25) is 0 Å². The van der Waals surface area contributed by atoms with Gasteiger partial charge in [-0.05, 0) is 99.8 Å². The monoisotopic (exact) mass is 652 g/mol. The lowest BCUT2D eigenvalue weighted by Gasteiger charge is -2.24. The lowest BCUT2D eigenvalue weighted by molar-refractivity contribution is 0.669. The summed E-state index contributed by atoms with van der Waals surface area (Å²) in [4.78, 5) is 5.39. The predicted molar refractivity (Wildman–Crippen MR) is 208 cm³/mol. The van der Waals surface area contributed by atoms with Gasteiger partial charge in [-0.2, -0.15) is 0 Å². The second-order valence-corrected chi connectivity index (χ2v) is 14.5. The third kappa shape index (κ3) is 4.90. The molecule has 0 saturated carbocycles. The van der Waals surface area contributed by atoms with Crippen LogP contribution in [0.4, 0.5) is 0 Å². The van der Waals surface area contributed by atoms with Gasteiger partial charge in [0, 0.05) is 31.8 Å². The summed E-state index contributed by atoms with van der Waals surface area (Å²) in [6, 6.07) is 45.8. The number of benzene rings is 6. The molecule has 0 spiro atoms. The molecule has 6 aromatic carbocycles. The Morgan fingerprint density at radius 1 is 0.571 bits per heavy atom. The Morgan fingerprint density at radius 3 is 2.00 bits per heavy atom. The highest BCUT2D eigenvalue weighted by Gasteiger charge is 2.25. The first-order valence-corrected chi connectivity index (χ1v) is 18.0. The molecule has 0 atom stereocenters. The van der Waals surface area contributed by atoms with E-state index in [4.69, 9.17) is 9.40 Å². The minimum atomic E-state index is 0.310. The van der Waals surface area contributed by atoms with Crippen molar-refractivity contribution in [3.05, 3.63) is 144 Å². The summed E-state index contributed by atoms with van der Waals surface area (Å²) < 4.78 is 9.84. The smallest absolute Gasteiger partial charge is 0.147 e. The van der Waals surface area contributed by atoms with Crippen LogP contribution >= 0.6 is 11.3 Å². The summed E-state index contributed by atoms with van der Waals surface area (Å²) in [5.74, 6) is 1.60. The number of thiophene rings is 1. The van der Waals surface area contributed by atoms with Crippen LogP contribution < -0.4 is 0 Å². The Kier molecular flexibility index (Phi) is 7.03. The SMILES string of the molecule is CC(C)c1cc(-c2ccccc2)cc(C(C)C)c1-n1c(-c2csc3ccc(-c4ccc5oc6ccccc6c5c4)cc23)nc2ccccc21. The van der Waals surface area contributed by atoms with Gasteiger partial charge in [0.2, 0.25) is 0 Å². The molecule has 0 unspecified atom stereocenters. The second-order valence-electron chi connectivity index (χ2n) is 13.6. The van der Waals surface area contributed by atoms with E-state index in [1.54, 1.807) is 11.3 Å². The van der Waals surface area contributed by atoms with E-state index in [2.05, 4.69) is 153 Å². The Bertz CT molecular complexity index is 2640. The minimum absolute atomic E-state index is 0.310. The molecule has 9 aromatic rings. The van der Waals surface area contributed by atoms with Crippen molar-refractivity contribution in [1.29, 1.82) is 0 Å². The molecule has 238 valence electrons. The van der Waals surface area contributed by atoms with Crippen molar-refractivity contribution in [2.75, 3.05) is 0 Å². The first-order chi connectivity index (χ1) is 23.9. The predicted octanol–water partition coefficient (Wildman–Crippen LogP) is 13.4. The maximum Gasteiger partial charge on any atom is 0.147 e. The maximum absolute atomic E-state index is 6.14. The summed E-state index contributed by atoms with van der Waals surface area (Å²) >= 11 is 1.78. The molecule has 49 heavy (non-hydrogen) atoms. The third-order valence-electron chi connectivity index (χ3n) is 9.83. The van der Waals surface area contributed by atoms with Gasteiger partial charge in [0.25, 0.3) is 0 Å². The van der Waals surface area contributed by atoms with Gasteiger partial charge < -0.3 is 4.42 Å². The van der Waals surface area contributed by atoms with Crippen molar-refractivity contribution in [3.8, 4) is 39.3 Å². The van der Waals surface area contributed by atoms with E-state index >= 15 is 0 Å². The molecule has 0 aliphatic rings. The summed E-state index contributed by atoms with van der Waals surface area (Å²) in [7, 11) is 0. The van der Waals surface area contributed by atoms with Crippen LogP contribution in [0.1, 0.15) is 50.7 Å². The lowest BCUT2D eigenvalue weighted by Crippen LogP contribution is -2.09. The number of hydrogen-bond acceptors (Lipinski definition) is 3. The molecule has 0 amide bonds. The zero-order valence-electron chi connectivity index (χ0n) is 28.1. The number of para-hydroxylation sites is 3. The average molecular weight is 653 g/mol. The fourth-order valence-corrected chi connectivity index (χ4v) is 8.26. The topological polar surface area (TPSA) is 31.0 Å². The van der Waals surface area contributed by atoms with E-state index in [1.165, 1.54) is 49.2 Å². The highest BCUT2D eigenvalue weighted by atomic mass is 32.1. The van der Waals surface area contributed by atoms with Crippen LogP contribution in [-0.4, -0.2) is 9.55 Å². The number of hydrogen-bond donors (Lipinski definition) is 0. The Hall–Kier alpha value is -5.45. The largest absolute Gasteiger partial charge is 0.456 e. The number of furan rings is 1. The van der Waals surface area contributed by atoms with Crippen LogP contribution in [0, 0.1) is 0 Å². The maximum atomic E-state index is 6.14. The highest BCUT2D eigenvalue weighted by molar-refractivity contribution is 7.17. The molecular formula is C45H36N2OS. The van der Waals surface area contributed by atoms with Crippen LogP contribution in [0.15, 0.2) is 137 Å². The molecule has 0 fully saturated rings. The van der Waals surface area contributed by atoms with Crippen LogP contribution in [0.25, 0.3) is 82.4 Å². The zero-order chi connectivity index (χ0) is 33.2. The molecule has 0 radical (unpaired) electrons. The van der Waals surface area contributed by atoms with E-state index in [1.807, 2.05) is 12.1 Å². The third-order valence-corrected chi connectivity index (χ3v) is 10.8. The highest BCUT2D eigenvalue weighted by Crippen LogP contribution is 2.43. The van der Waals surface area contributed by atoms with Gasteiger partial charge in [-0.3, -0.25) is 4.57 Å². The molecule has 0 N–H and O–H groups in total. The molecule has 3 aromatic heterocycles. The quantitative estimate of drug-likeness (QED) is 0.179. The van der Waals surface area contributed by atoms with Gasteiger partial charge in [-0.25, -0.2) is 4.98 Å². The van der Waals surface area contributed by atoms with E-state index in [0.29, 0.717) is 11.8 Å². The van der Waals surface area contributed by atoms with Gasteiger partial charge in [-0.1, -0.05) is 100 Å². The van der Waals surface area contributed by atoms with Gasteiger partial charge in [0.05, 0.1) is 16.7 Å². The first-order valence-electron chi connectivity index (χ1n) is 17.1. The molecule has 3 nitrogen and oxygen atoms in total. The summed E-state index contributed by atoms with van der Waals surface area (Å²) in [5, 5.41) is 5.79. The van der Waals surface area contributed by atoms with E-state index in [9.17, 15) is 0 Å². The first kappa shape index (κ1) is 29.7. The van der Waals surface area contributed by atoms with Gasteiger partial charge >= 0.3 is 0 Å². The standard InChI is InChI=1S/C45H36N2OS/c1-27(2)34-24-32(29-12-6-5-7-13-29)25-35(28(3)4)44(34)47-40-16-10-9-15-39(40)46-45(47)38-26-49-43-21-19-31(23-37(38)43)30-18-20-42-36(22-30)33-14-8-11-17-41(33)48-42/h5-28H,1-4H3. The molecule has 0 aliphatic carbocycles. The number of nitrogens with zero attached hydrogens (tertiary/aromatic N) is 2. The van der Waals surface area contributed by atoms with Crippen LogP contribution in [0.3, 0.4) is 0 Å². The lowest BCUT2D eigenvalue weighted by atomic mass is 9.88. The summed E-state index contributed by atoms with van der Waals surface area (Å²) in [5.41, 5.74) is 13.9. The van der Waals surface area contributed by atoms with Crippen molar-refractivity contribution in [1.82, 2.24) is 9.55 Å². The van der Waals surface area contributed by atoms with Crippen molar-refractivity contribution in [2.45, 2.75) is 39.5 Å². The zero-order valence-corrected chi connectivity index (χ0v) is 28.9. The molecule has 3 heterocycles. The number of aromatic nitrogens is 2. The second kappa shape index (κ2) is 11.6. The molecule has 0 aliphatic heterocycles. The van der Waals surface area contributed by atoms with Crippen molar-refractivity contribution < 1.29 is 4.42 Å². The van der Waals surface area contributed by atoms with Crippen LogP contribution in [-0.2, 0) is 0 Å². The summed E-state index contributed by atoms with van der Waals surface area (Å²) in [6.07, 6.45) is 0. The van der Waals surface area contributed by atoms with Gasteiger partial charge in [0.15, 0.2) is 0 Å². The van der Waals surface area contributed by atoms with Crippen molar-refractivity contribution in [3.63, 3.8) is 0 Å². The van der Waals surface area contributed by atoms with Gasteiger partial charge in [-0.15, -0.1) is 11.3 Å². The van der Waals surface area contributed by atoms with Crippen LogP contribution in [0.5, 0.6) is 0 Å². The molecule has 4 heteroatoms. The number of imidazole rings is 1. The van der Waals surface area contributed by atoms with Crippen molar-refractivity contribution in [2.24, 2.45) is 0 Å². The fraction of sp³-hybridized carbons (Fsp3) is 0.133. The van der Waals surface area contributed by atoms with E-state index in [-0.39, 0.29) is 0 Å².